The Hall–Kier alpha value is -2.82. The molecule has 0 amide bonds. The summed E-state index contributed by atoms with van der Waals surface area (Å²) in [7, 11) is 0. The van der Waals surface area contributed by atoms with Crippen molar-refractivity contribution in [1.29, 1.82) is 0 Å². The quantitative estimate of drug-likeness (QED) is 0.588. The van der Waals surface area contributed by atoms with E-state index in [9.17, 15) is 13.2 Å². The van der Waals surface area contributed by atoms with E-state index in [0.717, 1.165) is 48.1 Å². The minimum atomic E-state index is -4.34. The Morgan fingerprint density at radius 1 is 0.889 bits per heavy atom. The molecule has 0 saturated heterocycles. The lowest BCUT2D eigenvalue weighted by Gasteiger charge is -2.31. The number of aryl methyl sites for hydroxylation is 1. The molecule has 2 nitrogen and oxygen atoms in total. The van der Waals surface area contributed by atoms with Crippen LogP contribution in [0.3, 0.4) is 0 Å². The Labute approximate surface area is 156 Å². The van der Waals surface area contributed by atoms with Crippen molar-refractivity contribution in [2.45, 2.75) is 25.6 Å². The first-order valence-electron chi connectivity index (χ1n) is 8.98. The van der Waals surface area contributed by atoms with E-state index in [0.29, 0.717) is 5.56 Å². The van der Waals surface area contributed by atoms with E-state index in [4.69, 9.17) is 4.98 Å². The zero-order chi connectivity index (χ0) is 18.9. The number of halogens is 3. The lowest BCUT2D eigenvalue weighted by Crippen LogP contribution is -2.30. The fourth-order valence-corrected chi connectivity index (χ4v) is 3.60. The number of alkyl halides is 3. The molecule has 1 aliphatic rings. The second kappa shape index (κ2) is 7.06. The number of hydrogen-bond acceptors (Lipinski definition) is 2. The van der Waals surface area contributed by atoms with E-state index in [1.807, 2.05) is 47.4 Å². The van der Waals surface area contributed by atoms with Crippen molar-refractivity contribution in [3.05, 3.63) is 83.6 Å². The average Bonchev–Trinajstić information content (AvgIpc) is 2.68. The predicted octanol–water partition coefficient (Wildman–Crippen LogP) is 5.72. The van der Waals surface area contributed by atoms with Gasteiger partial charge in [0.2, 0.25) is 0 Å². The standard InChI is InChI=1S/C22H19F3N2/c23-22(24,25)18-10-5-4-9-17(18)15-27-14-6-11-20-21(27)13-12-19(26-20)16-7-2-1-3-8-16/h1-5,7-10,12-13H,6,11,14-15H2. The number of pyridine rings is 1. The number of fused-ring (bicyclic) bond motifs is 1. The van der Waals surface area contributed by atoms with Crippen LogP contribution in [-0.4, -0.2) is 11.5 Å². The molecule has 2 aromatic carbocycles. The zero-order valence-corrected chi connectivity index (χ0v) is 14.7. The van der Waals surface area contributed by atoms with Gasteiger partial charge in [-0.05, 0) is 36.6 Å². The number of anilines is 1. The smallest absolute Gasteiger partial charge is 0.366 e. The molecule has 0 atom stereocenters. The molecule has 0 radical (unpaired) electrons. The highest BCUT2D eigenvalue weighted by molar-refractivity contribution is 5.64. The average molecular weight is 368 g/mol. The Balaban J connectivity index is 1.65. The maximum absolute atomic E-state index is 13.3. The first-order chi connectivity index (χ1) is 13.0. The molecule has 0 N–H and O–H groups in total. The van der Waals surface area contributed by atoms with Gasteiger partial charge < -0.3 is 4.90 Å². The van der Waals surface area contributed by atoms with Crippen LogP contribution in [0, 0.1) is 0 Å². The van der Waals surface area contributed by atoms with Crippen molar-refractivity contribution < 1.29 is 13.2 Å². The number of nitrogens with zero attached hydrogens (tertiary/aromatic N) is 2. The monoisotopic (exact) mass is 368 g/mol. The first-order valence-corrected chi connectivity index (χ1v) is 8.98. The van der Waals surface area contributed by atoms with Crippen molar-refractivity contribution >= 4 is 5.69 Å². The third kappa shape index (κ3) is 3.68. The van der Waals surface area contributed by atoms with Gasteiger partial charge in [-0.3, -0.25) is 4.98 Å². The third-order valence-electron chi connectivity index (χ3n) is 4.89. The van der Waals surface area contributed by atoms with Crippen LogP contribution in [0.2, 0.25) is 0 Å². The van der Waals surface area contributed by atoms with Crippen LogP contribution in [0.1, 0.15) is 23.2 Å². The van der Waals surface area contributed by atoms with Gasteiger partial charge in [0, 0.05) is 18.7 Å². The second-order valence-electron chi connectivity index (χ2n) is 6.71. The molecule has 27 heavy (non-hydrogen) atoms. The summed E-state index contributed by atoms with van der Waals surface area (Å²) in [6.07, 6.45) is -2.62. The van der Waals surface area contributed by atoms with Crippen LogP contribution >= 0.6 is 0 Å². The molecule has 0 aliphatic carbocycles. The number of hydrogen-bond donors (Lipinski definition) is 0. The minimum Gasteiger partial charge on any atom is -0.366 e. The van der Waals surface area contributed by atoms with Crippen molar-refractivity contribution in [2.24, 2.45) is 0 Å². The molecule has 138 valence electrons. The predicted molar refractivity (Wildman–Crippen MR) is 100 cm³/mol. The topological polar surface area (TPSA) is 16.1 Å². The largest absolute Gasteiger partial charge is 0.416 e. The van der Waals surface area contributed by atoms with Gasteiger partial charge in [0.1, 0.15) is 0 Å². The molecule has 0 unspecified atom stereocenters. The van der Waals surface area contributed by atoms with Gasteiger partial charge in [0.15, 0.2) is 0 Å². The SMILES string of the molecule is FC(F)(F)c1ccccc1CN1CCCc2nc(-c3ccccc3)ccc21. The molecule has 5 heteroatoms. The van der Waals surface area contributed by atoms with E-state index in [1.165, 1.54) is 6.07 Å². The summed E-state index contributed by atoms with van der Waals surface area (Å²) in [5.41, 5.74) is 3.55. The summed E-state index contributed by atoms with van der Waals surface area (Å²) >= 11 is 0. The normalized spacial score (nSPS) is 14.1. The molecule has 0 spiro atoms. The molecular weight excluding hydrogens is 349 g/mol. The van der Waals surface area contributed by atoms with Gasteiger partial charge in [-0.25, -0.2) is 0 Å². The summed E-state index contributed by atoms with van der Waals surface area (Å²) in [5.74, 6) is 0. The fourth-order valence-electron chi connectivity index (χ4n) is 3.60. The highest BCUT2D eigenvalue weighted by atomic mass is 19.4. The van der Waals surface area contributed by atoms with Crippen LogP contribution in [0.25, 0.3) is 11.3 Å². The highest BCUT2D eigenvalue weighted by Crippen LogP contribution is 2.35. The fraction of sp³-hybridized carbons (Fsp3) is 0.227. The van der Waals surface area contributed by atoms with Crippen molar-refractivity contribution in [1.82, 2.24) is 4.98 Å². The van der Waals surface area contributed by atoms with Gasteiger partial charge in [-0.2, -0.15) is 13.2 Å². The van der Waals surface area contributed by atoms with Gasteiger partial charge in [0.25, 0.3) is 0 Å². The van der Waals surface area contributed by atoms with Crippen LogP contribution < -0.4 is 4.90 Å². The lowest BCUT2D eigenvalue weighted by molar-refractivity contribution is -0.138. The third-order valence-corrected chi connectivity index (χ3v) is 4.89. The van der Waals surface area contributed by atoms with Gasteiger partial charge in [0.05, 0.1) is 22.6 Å². The van der Waals surface area contributed by atoms with Gasteiger partial charge in [-0.15, -0.1) is 0 Å². The van der Waals surface area contributed by atoms with Crippen LogP contribution in [-0.2, 0) is 19.1 Å². The summed E-state index contributed by atoms with van der Waals surface area (Å²) in [6.45, 7) is 0.959. The molecular formula is C22H19F3N2. The molecule has 0 saturated carbocycles. The van der Waals surface area contributed by atoms with Crippen molar-refractivity contribution in [3.8, 4) is 11.3 Å². The molecule has 0 fully saturated rings. The number of rotatable bonds is 3. The molecule has 1 aliphatic heterocycles. The molecule has 4 rings (SSSR count). The summed E-state index contributed by atoms with van der Waals surface area (Å²) < 4.78 is 39.9. The lowest BCUT2D eigenvalue weighted by atomic mass is 10.0. The van der Waals surface area contributed by atoms with E-state index >= 15 is 0 Å². The Bertz CT molecular complexity index is 936. The molecule has 1 aromatic heterocycles. The Kier molecular flexibility index (Phi) is 4.60. The zero-order valence-electron chi connectivity index (χ0n) is 14.7. The second-order valence-corrected chi connectivity index (χ2v) is 6.71. The maximum atomic E-state index is 13.3. The summed E-state index contributed by atoms with van der Waals surface area (Å²) in [4.78, 5) is 6.79. The molecule has 2 heterocycles. The van der Waals surface area contributed by atoms with Gasteiger partial charge >= 0.3 is 6.18 Å². The van der Waals surface area contributed by atoms with Crippen molar-refractivity contribution in [3.63, 3.8) is 0 Å². The molecule has 0 bridgehead atoms. The van der Waals surface area contributed by atoms with E-state index in [1.54, 1.807) is 12.1 Å². The minimum absolute atomic E-state index is 0.231. The maximum Gasteiger partial charge on any atom is 0.416 e. The van der Waals surface area contributed by atoms with Gasteiger partial charge in [-0.1, -0.05) is 48.5 Å². The number of benzene rings is 2. The Morgan fingerprint density at radius 3 is 2.41 bits per heavy atom. The van der Waals surface area contributed by atoms with E-state index in [2.05, 4.69) is 0 Å². The molecule has 3 aromatic rings. The Morgan fingerprint density at radius 2 is 1.63 bits per heavy atom. The van der Waals surface area contributed by atoms with E-state index in [-0.39, 0.29) is 6.54 Å². The van der Waals surface area contributed by atoms with Crippen LogP contribution in [0.4, 0.5) is 18.9 Å². The highest BCUT2D eigenvalue weighted by Gasteiger charge is 2.33. The first kappa shape index (κ1) is 17.6. The van der Waals surface area contributed by atoms with E-state index < -0.39 is 11.7 Å². The summed E-state index contributed by atoms with van der Waals surface area (Å²) in [5, 5.41) is 0. The van der Waals surface area contributed by atoms with Crippen LogP contribution in [0.5, 0.6) is 0 Å². The van der Waals surface area contributed by atoms with Crippen LogP contribution in [0.15, 0.2) is 66.7 Å². The number of aromatic nitrogens is 1. The summed E-state index contributed by atoms with van der Waals surface area (Å²) in [6, 6.07) is 19.7. The van der Waals surface area contributed by atoms with Crippen molar-refractivity contribution in [2.75, 3.05) is 11.4 Å².